The van der Waals surface area contributed by atoms with Gasteiger partial charge >= 0.3 is 0 Å². The van der Waals surface area contributed by atoms with Crippen molar-refractivity contribution < 1.29 is 9.47 Å². The van der Waals surface area contributed by atoms with Gasteiger partial charge in [0.2, 0.25) is 0 Å². The van der Waals surface area contributed by atoms with Crippen molar-refractivity contribution in [2.24, 2.45) is 0 Å². The van der Waals surface area contributed by atoms with Crippen LogP contribution in [0.4, 0.5) is 0 Å². The van der Waals surface area contributed by atoms with Crippen LogP contribution in [0, 0.1) is 6.92 Å². The molecule has 0 aliphatic carbocycles. The Balaban J connectivity index is 2.02. The molecule has 2 rings (SSSR count). The van der Waals surface area contributed by atoms with Gasteiger partial charge in [-0.1, -0.05) is 49.7 Å². The van der Waals surface area contributed by atoms with Crippen LogP contribution in [0.3, 0.4) is 0 Å². The molecule has 0 aliphatic heterocycles. The Hall–Kier alpha value is -2.00. The van der Waals surface area contributed by atoms with E-state index in [1.807, 2.05) is 12.1 Å². The smallest absolute Gasteiger partial charge is 0.165 e. The molecule has 0 unspecified atom stereocenters. The summed E-state index contributed by atoms with van der Waals surface area (Å²) in [6.07, 6.45) is 2.17. The lowest BCUT2D eigenvalue weighted by Gasteiger charge is -2.16. The number of hydrogen-bond acceptors (Lipinski definition) is 3. The van der Waals surface area contributed by atoms with Gasteiger partial charge in [-0.05, 0) is 30.5 Å². The Kier molecular flexibility index (Phi) is 6.95. The fourth-order valence-electron chi connectivity index (χ4n) is 2.48. The molecule has 23 heavy (non-hydrogen) atoms. The minimum absolute atomic E-state index is 0.724. The number of unbranched alkanes of at least 4 members (excludes halogenated alkanes) is 1. The van der Waals surface area contributed by atoms with Gasteiger partial charge in [-0.25, -0.2) is 0 Å². The SMILES string of the molecule is CCCCOc1c(CNCc2ccccc2C)cccc1OC. The van der Waals surface area contributed by atoms with Gasteiger partial charge in [0.25, 0.3) is 0 Å². The summed E-state index contributed by atoms with van der Waals surface area (Å²) >= 11 is 0. The average molecular weight is 313 g/mol. The third kappa shape index (κ3) is 5.00. The maximum absolute atomic E-state index is 5.96. The first-order valence-electron chi connectivity index (χ1n) is 8.30. The lowest BCUT2D eigenvalue weighted by Crippen LogP contribution is -2.15. The summed E-state index contributed by atoms with van der Waals surface area (Å²) in [4.78, 5) is 0. The molecule has 0 heterocycles. The molecule has 0 amide bonds. The van der Waals surface area contributed by atoms with Crippen LogP contribution in [0.2, 0.25) is 0 Å². The van der Waals surface area contributed by atoms with Crippen molar-refractivity contribution in [1.29, 1.82) is 0 Å². The first-order valence-corrected chi connectivity index (χ1v) is 8.30. The molecule has 3 heteroatoms. The number of ether oxygens (including phenoxy) is 2. The van der Waals surface area contributed by atoms with Crippen molar-refractivity contribution >= 4 is 0 Å². The molecule has 2 aromatic carbocycles. The highest BCUT2D eigenvalue weighted by molar-refractivity contribution is 5.46. The van der Waals surface area contributed by atoms with E-state index < -0.39 is 0 Å². The molecular formula is C20H27NO2. The molecule has 0 atom stereocenters. The normalized spacial score (nSPS) is 10.6. The molecule has 0 radical (unpaired) electrons. The highest BCUT2D eigenvalue weighted by Crippen LogP contribution is 2.31. The average Bonchev–Trinajstić information content (AvgIpc) is 2.57. The van der Waals surface area contributed by atoms with Crippen LogP contribution in [0.15, 0.2) is 42.5 Å². The van der Waals surface area contributed by atoms with Gasteiger partial charge in [-0.2, -0.15) is 0 Å². The Morgan fingerprint density at radius 3 is 2.43 bits per heavy atom. The topological polar surface area (TPSA) is 30.5 Å². The molecule has 2 aromatic rings. The predicted molar refractivity (Wildman–Crippen MR) is 95.1 cm³/mol. The Bertz CT molecular complexity index is 610. The van der Waals surface area contributed by atoms with Crippen LogP contribution < -0.4 is 14.8 Å². The molecule has 0 bridgehead atoms. The minimum Gasteiger partial charge on any atom is -0.493 e. The van der Waals surface area contributed by atoms with Gasteiger partial charge in [0.1, 0.15) is 0 Å². The van der Waals surface area contributed by atoms with E-state index in [4.69, 9.17) is 9.47 Å². The fraction of sp³-hybridized carbons (Fsp3) is 0.400. The predicted octanol–water partition coefficient (Wildman–Crippen LogP) is 4.47. The van der Waals surface area contributed by atoms with Crippen molar-refractivity contribution in [2.75, 3.05) is 13.7 Å². The second kappa shape index (κ2) is 9.21. The Labute approximate surface area is 139 Å². The third-order valence-electron chi connectivity index (χ3n) is 3.92. The lowest BCUT2D eigenvalue weighted by molar-refractivity contribution is 0.284. The van der Waals surface area contributed by atoms with Gasteiger partial charge in [-0.3, -0.25) is 0 Å². The zero-order valence-electron chi connectivity index (χ0n) is 14.4. The van der Waals surface area contributed by atoms with E-state index >= 15 is 0 Å². The summed E-state index contributed by atoms with van der Waals surface area (Å²) < 4.78 is 11.4. The Morgan fingerprint density at radius 1 is 0.957 bits per heavy atom. The standard InChI is InChI=1S/C20H27NO2/c1-4-5-13-23-20-18(11-8-12-19(20)22-3)15-21-14-17-10-7-6-9-16(17)2/h6-12,21H,4-5,13-15H2,1-3H3. The fourth-order valence-corrected chi connectivity index (χ4v) is 2.48. The van der Waals surface area contributed by atoms with Crippen molar-refractivity contribution in [1.82, 2.24) is 5.32 Å². The zero-order valence-corrected chi connectivity index (χ0v) is 14.4. The van der Waals surface area contributed by atoms with E-state index in [2.05, 4.69) is 49.5 Å². The van der Waals surface area contributed by atoms with Gasteiger partial charge in [0, 0.05) is 18.7 Å². The van der Waals surface area contributed by atoms with Gasteiger partial charge in [0.05, 0.1) is 13.7 Å². The van der Waals surface area contributed by atoms with E-state index in [-0.39, 0.29) is 0 Å². The highest BCUT2D eigenvalue weighted by atomic mass is 16.5. The van der Waals surface area contributed by atoms with Crippen LogP contribution in [0.1, 0.15) is 36.5 Å². The highest BCUT2D eigenvalue weighted by Gasteiger charge is 2.10. The van der Waals surface area contributed by atoms with Crippen LogP contribution in [-0.4, -0.2) is 13.7 Å². The molecule has 0 saturated heterocycles. The number of methoxy groups -OCH3 is 1. The molecular weight excluding hydrogens is 286 g/mol. The number of hydrogen-bond donors (Lipinski definition) is 1. The maximum Gasteiger partial charge on any atom is 0.165 e. The number of para-hydroxylation sites is 1. The largest absolute Gasteiger partial charge is 0.493 e. The summed E-state index contributed by atoms with van der Waals surface area (Å²) in [6.45, 7) is 6.63. The van der Waals surface area contributed by atoms with Crippen LogP contribution in [0.5, 0.6) is 11.5 Å². The summed E-state index contributed by atoms with van der Waals surface area (Å²) in [5, 5.41) is 3.51. The Morgan fingerprint density at radius 2 is 1.70 bits per heavy atom. The summed E-state index contributed by atoms with van der Waals surface area (Å²) in [5.41, 5.74) is 3.77. The first-order chi connectivity index (χ1) is 11.3. The molecule has 0 aromatic heterocycles. The maximum atomic E-state index is 5.96. The third-order valence-corrected chi connectivity index (χ3v) is 3.92. The summed E-state index contributed by atoms with van der Waals surface area (Å²) in [7, 11) is 1.69. The van der Waals surface area contributed by atoms with Crippen molar-refractivity contribution in [2.45, 2.75) is 39.8 Å². The first kappa shape index (κ1) is 17.4. The van der Waals surface area contributed by atoms with Crippen molar-refractivity contribution in [3.8, 4) is 11.5 Å². The minimum atomic E-state index is 0.724. The van der Waals surface area contributed by atoms with Gasteiger partial charge in [-0.15, -0.1) is 0 Å². The number of benzene rings is 2. The molecule has 0 aliphatic rings. The second-order valence-corrected chi connectivity index (χ2v) is 5.68. The zero-order chi connectivity index (χ0) is 16.5. The van der Waals surface area contributed by atoms with Gasteiger partial charge in [0.15, 0.2) is 11.5 Å². The summed E-state index contributed by atoms with van der Waals surface area (Å²) in [5.74, 6) is 1.66. The van der Waals surface area contributed by atoms with E-state index in [0.29, 0.717) is 0 Å². The number of aryl methyl sites for hydroxylation is 1. The lowest BCUT2D eigenvalue weighted by atomic mass is 10.1. The second-order valence-electron chi connectivity index (χ2n) is 5.68. The molecule has 0 fully saturated rings. The van der Waals surface area contributed by atoms with Crippen LogP contribution in [-0.2, 0) is 13.1 Å². The summed E-state index contributed by atoms with van der Waals surface area (Å²) in [6, 6.07) is 14.5. The quantitative estimate of drug-likeness (QED) is 0.693. The van der Waals surface area contributed by atoms with E-state index in [0.717, 1.165) is 49.6 Å². The van der Waals surface area contributed by atoms with Crippen molar-refractivity contribution in [3.05, 3.63) is 59.2 Å². The van der Waals surface area contributed by atoms with E-state index in [1.54, 1.807) is 7.11 Å². The van der Waals surface area contributed by atoms with E-state index in [1.165, 1.54) is 11.1 Å². The molecule has 1 N–H and O–H groups in total. The van der Waals surface area contributed by atoms with Crippen LogP contribution in [0.25, 0.3) is 0 Å². The van der Waals surface area contributed by atoms with Crippen molar-refractivity contribution in [3.63, 3.8) is 0 Å². The molecule has 0 spiro atoms. The van der Waals surface area contributed by atoms with Gasteiger partial charge < -0.3 is 14.8 Å². The molecule has 124 valence electrons. The van der Waals surface area contributed by atoms with Crippen LogP contribution >= 0.6 is 0 Å². The number of rotatable bonds is 9. The van der Waals surface area contributed by atoms with E-state index in [9.17, 15) is 0 Å². The monoisotopic (exact) mass is 313 g/mol. The molecule has 0 saturated carbocycles. The molecule has 3 nitrogen and oxygen atoms in total. The number of nitrogens with one attached hydrogen (secondary N) is 1.